The van der Waals surface area contributed by atoms with Crippen LogP contribution in [0.3, 0.4) is 0 Å². The van der Waals surface area contributed by atoms with Gasteiger partial charge in [0.1, 0.15) is 0 Å². The lowest BCUT2D eigenvalue weighted by atomic mass is 10.1. The molecule has 0 aliphatic rings. The second-order valence-corrected chi connectivity index (χ2v) is 5.58. The maximum atomic E-state index is 12.2. The van der Waals surface area contributed by atoms with Gasteiger partial charge in [-0.3, -0.25) is 9.78 Å². The molecule has 1 heterocycles. The number of hydrogen-bond donors (Lipinski definition) is 0. The fourth-order valence-electron chi connectivity index (χ4n) is 1.76. The van der Waals surface area contributed by atoms with Crippen LogP contribution in [0.1, 0.15) is 15.9 Å². The summed E-state index contributed by atoms with van der Waals surface area (Å²) in [6.07, 6.45) is 4.39. The van der Waals surface area contributed by atoms with E-state index in [2.05, 4.69) is 27.6 Å². The minimum atomic E-state index is 0.0606. The highest BCUT2D eigenvalue weighted by molar-refractivity contribution is 14.1. The number of pyridine rings is 1. The van der Waals surface area contributed by atoms with Crippen LogP contribution < -0.4 is 0 Å². The summed E-state index contributed by atoms with van der Waals surface area (Å²) in [4.78, 5) is 17.9. The van der Waals surface area contributed by atoms with E-state index in [1.165, 1.54) is 5.56 Å². The molecule has 0 saturated carbocycles. The van der Waals surface area contributed by atoms with E-state index in [0.717, 1.165) is 15.6 Å². The SMILES string of the molecule is CN(CCc1ccncc1)C(=O)c1ccc(I)cc1. The van der Waals surface area contributed by atoms with Crippen molar-refractivity contribution in [3.63, 3.8) is 0 Å². The fraction of sp³-hybridized carbons (Fsp3) is 0.200. The van der Waals surface area contributed by atoms with Crippen LogP contribution in [0.25, 0.3) is 0 Å². The zero-order chi connectivity index (χ0) is 13.7. The molecule has 0 aliphatic heterocycles. The van der Waals surface area contributed by atoms with Gasteiger partial charge in [0, 0.05) is 35.1 Å². The molecule has 0 spiro atoms. The molecule has 0 N–H and O–H groups in total. The average Bonchev–Trinajstić information content (AvgIpc) is 2.46. The van der Waals surface area contributed by atoms with Gasteiger partial charge >= 0.3 is 0 Å². The molecule has 98 valence electrons. The van der Waals surface area contributed by atoms with E-state index in [1.807, 2.05) is 43.4 Å². The van der Waals surface area contributed by atoms with Crippen molar-refractivity contribution in [2.45, 2.75) is 6.42 Å². The van der Waals surface area contributed by atoms with Crippen LogP contribution >= 0.6 is 22.6 Å². The number of halogens is 1. The summed E-state index contributed by atoms with van der Waals surface area (Å²) < 4.78 is 1.13. The van der Waals surface area contributed by atoms with Gasteiger partial charge in [-0.05, 0) is 71.0 Å². The summed E-state index contributed by atoms with van der Waals surface area (Å²) in [7, 11) is 1.83. The van der Waals surface area contributed by atoms with Crippen LogP contribution in [-0.4, -0.2) is 29.4 Å². The molecule has 0 saturated heterocycles. The van der Waals surface area contributed by atoms with Gasteiger partial charge in [0.25, 0.3) is 5.91 Å². The Morgan fingerprint density at radius 2 is 1.79 bits per heavy atom. The van der Waals surface area contributed by atoms with Gasteiger partial charge in [0.05, 0.1) is 0 Å². The third kappa shape index (κ3) is 4.02. The molecule has 1 aromatic carbocycles. The van der Waals surface area contributed by atoms with E-state index in [0.29, 0.717) is 6.54 Å². The summed E-state index contributed by atoms with van der Waals surface area (Å²) in [5.41, 5.74) is 1.93. The second kappa shape index (κ2) is 6.65. The van der Waals surface area contributed by atoms with Gasteiger partial charge in [-0.2, -0.15) is 0 Å². The lowest BCUT2D eigenvalue weighted by molar-refractivity contribution is 0.0796. The minimum absolute atomic E-state index is 0.0606. The van der Waals surface area contributed by atoms with Crippen LogP contribution in [0, 0.1) is 3.57 Å². The van der Waals surface area contributed by atoms with Gasteiger partial charge in [0.15, 0.2) is 0 Å². The van der Waals surface area contributed by atoms with Crippen molar-refractivity contribution in [1.29, 1.82) is 0 Å². The molecule has 0 fully saturated rings. The molecule has 4 heteroatoms. The van der Waals surface area contributed by atoms with Crippen molar-refractivity contribution < 1.29 is 4.79 Å². The Hall–Kier alpha value is -1.43. The number of rotatable bonds is 4. The summed E-state index contributed by atoms with van der Waals surface area (Å²) in [5, 5.41) is 0. The highest BCUT2D eigenvalue weighted by atomic mass is 127. The van der Waals surface area contributed by atoms with Crippen molar-refractivity contribution in [1.82, 2.24) is 9.88 Å². The third-order valence-corrected chi connectivity index (χ3v) is 3.64. The first-order chi connectivity index (χ1) is 9.16. The largest absolute Gasteiger partial charge is 0.341 e. The Morgan fingerprint density at radius 1 is 1.16 bits per heavy atom. The first-order valence-electron chi connectivity index (χ1n) is 6.07. The molecular formula is C15H15IN2O. The van der Waals surface area contributed by atoms with E-state index in [4.69, 9.17) is 0 Å². The van der Waals surface area contributed by atoms with Gasteiger partial charge in [-0.25, -0.2) is 0 Å². The second-order valence-electron chi connectivity index (χ2n) is 4.34. The zero-order valence-electron chi connectivity index (χ0n) is 10.7. The van der Waals surface area contributed by atoms with Crippen LogP contribution in [0.5, 0.6) is 0 Å². The van der Waals surface area contributed by atoms with E-state index < -0.39 is 0 Å². The topological polar surface area (TPSA) is 33.2 Å². The number of aromatic nitrogens is 1. The maximum absolute atomic E-state index is 12.2. The molecule has 0 radical (unpaired) electrons. The Kier molecular flexibility index (Phi) is 4.90. The highest BCUT2D eigenvalue weighted by Gasteiger charge is 2.11. The monoisotopic (exact) mass is 366 g/mol. The van der Waals surface area contributed by atoms with Crippen molar-refractivity contribution >= 4 is 28.5 Å². The Labute approximate surface area is 126 Å². The molecule has 0 bridgehead atoms. The molecule has 2 rings (SSSR count). The molecule has 19 heavy (non-hydrogen) atoms. The number of likely N-dealkylation sites (N-methyl/N-ethyl adjacent to an activating group) is 1. The first-order valence-corrected chi connectivity index (χ1v) is 7.14. The lowest BCUT2D eigenvalue weighted by Gasteiger charge is -2.17. The molecule has 2 aromatic rings. The van der Waals surface area contributed by atoms with Crippen molar-refractivity contribution in [3.8, 4) is 0 Å². The van der Waals surface area contributed by atoms with Gasteiger partial charge in [0.2, 0.25) is 0 Å². The van der Waals surface area contributed by atoms with E-state index in [9.17, 15) is 4.79 Å². The predicted molar refractivity (Wildman–Crippen MR) is 84.1 cm³/mol. The maximum Gasteiger partial charge on any atom is 0.253 e. The number of benzene rings is 1. The summed E-state index contributed by atoms with van der Waals surface area (Å²) in [5.74, 6) is 0.0606. The number of amides is 1. The number of hydrogen-bond acceptors (Lipinski definition) is 2. The van der Waals surface area contributed by atoms with Gasteiger partial charge in [-0.15, -0.1) is 0 Å². The smallest absolute Gasteiger partial charge is 0.253 e. The van der Waals surface area contributed by atoms with Crippen LogP contribution in [0.4, 0.5) is 0 Å². The van der Waals surface area contributed by atoms with Crippen molar-refractivity contribution in [3.05, 3.63) is 63.5 Å². The zero-order valence-corrected chi connectivity index (χ0v) is 12.9. The molecule has 3 nitrogen and oxygen atoms in total. The van der Waals surface area contributed by atoms with E-state index in [1.54, 1.807) is 17.3 Å². The number of nitrogens with zero attached hydrogens (tertiary/aromatic N) is 2. The number of carbonyl (C=O) groups excluding carboxylic acids is 1. The standard InChI is InChI=1S/C15H15IN2O/c1-18(11-8-12-6-9-17-10-7-12)15(19)13-2-4-14(16)5-3-13/h2-7,9-10H,8,11H2,1H3. The predicted octanol–water partition coefficient (Wildman–Crippen LogP) is 3.00. The minimum Gasteiger partial charge on any atom is -0.341 e. The van der Waals surface area contributed by atoms with E-state index >= 15 is 0 Å². The molecule has 0 unspecified atom stereocenters. The average molecular weight is 366 g/mol. The Bertz CT molecular complexity index is 540. The molecule has 1 aromatic heterocycles. The van der Waals surface area contributed by atoms with Crippen LogP contribution in [0.15, 0.2) is 48.8 Å². The van der Waals surface area contributed by atoms with Gasteiger partial charge < -0.3 is 4.90 Å². The molecule has 0 aliphatic carbocycles. The summed E-state index contributed by atoms with van der Waals surface area (Å²) in [6.45, 7) is 0.703. The first kappa shape index (κ1) is 14.0. The molecular weight excluding hydrogens is 351 g/mol. The quantitative estimate of drug-likeness (QED) is 0.780. The lowest BCUT2D eigenvalue weighted by Crippen LogP contribution is -2.28. The van der Waals surface area contributed by atoms with E-state index in [-0.39, 0.29) is 5.91 Å². The Morgan fingerprint density at radius 3 is 2.42 bits per heavy atom. The normalized spacial score (nSPS) is 10.2. The number of carbonyl (C=O) groups is 1. The summed E-state index contributed by atoms with van der Waals surface area (Å²) in [6, 6.07) is 11.6. The van der Waals surface area contributed by atoms with Crippen LogP contribution in [0.2, 0.25) is 0 Å². The fourth-order valence-corrected chi connectivity index (χ4v) is 2.12. The highest BCUT2D eigenvalue weighted by Crippen LogP contribution is 2.09. The summed E-state index contributed by atoms with van der Waals surface area (Å²) >= 11 is 2.23. The third-order valence-electron chi connectivity index (χ3n) is 2.92. The molecule has 0 atom stereocenters. The Balaban J connectivity index is 1.94. The van der Waals surface area contributed by atoms with Crippen molar-refractivity contribution in [2.75, 3.05) is 13.6 Å². The van der Waals surface area contributed by atoms with Gasteiger partial charge in [-0.1, -0.05) is 0 Å². The van der Waals surface area contributed by atoms with Crippen LogP contribution in [-0.2, 0) is 6.42 Å². The van der Waals surface area contributed by atoms with Crippen molar-refractivity contribution in [2.24, 2.45) is 0 Å². The molecule has 1 amide bonds.